The third-order valence-corrected chi connectivity index (χ3v) is 3.27. The van der Waals surface area contributed by atoms with Crippen molar-refractivity contribution in [2.75, 3.05) is 0 Å². The van der Waals surface area contributed by atoms with E-state index in [9.17, 15) is 0 Å². The topological polar surface area (TPSA) is 26.0 Å². The van der Waals surface area contributed by atoms with Crippen molar-refractivity contribution in [1.29, 1.82) is 0 Å². The molecule has 0 saturated carbocycles. The van der Waals surface area contributed by atoms with E-state index in [-0.39, 0.29) is 6.04 Å². The summed E-state index contributed by atoms with van der Waals surface area (Å²) in [6.07, 6.45) is 2.04. The lowest BCUT2D eigenvalue weighted by atomic mass is 9.98. The second-order valence-electron chi connectivity index (χ2n) is 4.22. The second-order valence-corrected chi connectivity index (χ2v) is 5.01. The molecule has 15 heavy (non-hydrogen) atoms. The van der Waals surface area contributed by atoms with Crippen LogP contribution in [0, 0.1) is 5.92 Å². The van der Waals surface area contributed by atoms with Crippen LogP contribution in [0.15, 0.2) is 18.2 Å². The van der Waals surface area contributed by atoms with Gasteiger partial charge in [-0.25, -0.2) is 0 Å². The molecule has 1 aromatic rings. The molecule has 0 amide bonds. The number of hydrogen-bond donors (Lipinski definition) is 1. The fourth-order valence-corrected chi connectivity index (χ4v) is 1.92. The molecule has 3 heteroatoms. The zero-order chi connectivity index (χ0) is 11.4. The molecule has 1 atom stereocenters. The van der Waals surface area contributed by atoms with Gasteiger partial charge in [0, 0.05) is 6.04 Å². The van der Waals surface area contributed by atoms with Gasteiger partial charge in [-0.15, -0.1) is 0 Å². The van der Waals surface area contributed by atoms with Crippen LogP contribution < -0.4 is 5.73 Å². The van der Waals surface area contributed by atoms with E-state index in [1.165, 1.54) is 0 Å². The molecular formula is C12H17Cl2N. The van der Waals surface area contributed by atoms with E-state index in [4.69, 9.17) is 28.9 Å². The highest BCUT2D eigenvalue weighted by Crippen LogP contribution is 2.31. The minimum atomic E-state index is -0.0152. The van der Waals surface area contributed by atoms with Crippen LogP contribution in [0.3, 0.4) is 0 Å². The maximum Gasteiger partial charge on any atom is 0.0639 e. The Bertz CT molecular complexity index is 323. The van der Waals surface area contributed by atoms with Gasteiger partial charge >= 0.3 is 0 Å². The Balaban J connectivity index is 2.73. The van der Waals surface area contributed by atoms with Crippen molar-refractivity contribution < 1.29 is 0 Å². The van der Waals surface area contributed by atoms with Crippen LogP contribution in [0.1, 0.15) is 38.3 Å². The van der Waals surface area contributed by atoms with E-state index in [1.807, 2.05) is 12.1 Å². The first-order valence-corrected chi connectivity index (χ1v) is 5.97. The van der Waals surface area contributed by atoms with Gasteiger partial charge in [-0.1, -0.05) is 49.2 Å². The average molecular weight is 246 g/mol. The number of rotatable bonds is 4. The highest BCUT2D eigenvalue weighted by atomic mass is 35.5. The first-order chi connectivity index (χ1) is 7.02. The maximum absolute atomic E-state index is 6.09. The Morgan fingerprint density at radius 2 is 1.87 bits per heavy atom. The van der Waals surface area contributed by atoms with Crippen LogP contribution in [-0.2, 0) is 0 Å². The molecule has 2 N–H and O–H groups in total. The highest BCUT2D eigenvalue weighted by Gasteiger charge is 2.12. The smallest absolute Gasteiger partial charge is 0.0639 e. The fraction of sp³-hybridized carbons (Fsp3) is 0.500. The summed E-state index contributed by atoms with van der Waals surface area (Å²) < 4.78 is 0. The molecule has 1 aromatic carbocycles. The molecule has 0 aliphatic carbocycles. The molecular weight excluding hydrogens is 229 g/mol. The van der Waals surface area contributed by atoms with E-state index in [0.29, 0.717) is 16.0 Å². The van der Waals surface area contributed by atoms with Crippen LogP contribution >= 0.6 is 23.2 Å². The zero-order valence-electron chi connectivity index (χ0n) is 9.13. The van der Waals surface area contributed by atoms with Crippen LogP contribution in [0.4, 0.5) is 0 Å². The van der Waals surface area contributed by atoms with Crippen molar-refractivity contribution in [3.63, 3.8) is 0 Å². The summed E-state index contributed by atoms with van der Waals surface area (Å²) in [5.74, 6) is 0.661. The monoisotopic (exact) mass is 245 g/mol. The van der Waals surface area contributed by atoms with Crippen molar-refractivity contribution in [2.24, 2.45) is 11.7 Å². The van der Waals surface area contributed by atoms with Crippen LogP contribution in [0.2, 0.25) is 10.0 Å². The highest BCUT2D eigenvalue weighted by molar-refractivity contribution is 6.42. The predicted molar refractivity (Wildman–Crippen MR) is 67.5 cm³/mol. The van der Waals surface area contributed by atoms with Crippen LogP contribution in [0.25, 0.3) is 0 Å². The van der Waals surface area contributed by atoms with Crippen molar-refractivity contribution in [3.05, 3.63) is 33.8 Å². The van der Waals surface area contributed by atoms with Gasteiger partial charge in [0.2, 0.25) is 0 Å². The quantitative estimate of drug-likeness (QED) is 0.835. The van der Waals surface area contributed by atoms with Crippen molar-refractivity contribution in [2.45, 2.75) is 32.7 Å². The van der Waals surface area contributed by atoms with Gasteiger partial charge in [0.05, 0.1) is 10.0 Å². The lowest BCUT2D eigenvalue weighted by Crippen LogP contribution is -2.11. The first-order valence-electron chi connectivity index (χ1n) is 5.22. The number of nitrogens with two attached hydrogens (primary N) is 1. The molecule has 0 aromatic heterocycles. The lowest BCUT2D eigenvalue weighted by Gasteiger charge is -2.15. The van der Waals surface area contributed by atoms with Gasteiger partial charge in [-0.05, 0) is 30.4 Å². The number of benzene rings is 1. The van der Waals surface area contributed by atoms with Crippen molar-refractivity contribution >= 4 is 23.2 Å². The minimum absolute atomic E-state index is 0.0152. The summed E-state index contributed by atoms with van der Waals surface area (Å²) in [6, 6.07) is 5.60. The Hall–Kier alpha value is -0.240. The van der Waals surface area contributed by atoms with Crippen LogP contribution in [0.5, 0.6) is 0 Å². The summed E-state index contributed by atoms with van der Waals surface area (Å²) in [5.41, 5.74) is 7.02. The summed E-state index contributed by atoms with van der Waals surface area (Å²) >= 11 is 12.0. The second kappa shape index (κ2) is 5.74. The zero-order valence-corrected chi connectivity index (χ0v) is 10.6. The first kappa shape index (κ1) is 12.8. The summed E-state index contributed by atoms with van der Waals surface area (Å²) in [5, 5.41) is 1.17. The molecule has 0 heterocycles. The molecule has 0 fully saturated rings. The number of hydrogen-bond acceptors (Lipinski definition) is 1. The molecule has 1 nitrogen and oxygen atoms in total. The van der Waals surface area contributed by atoms with E-state index < -0.39 is 0 Å². The third-order valence-electron chi connectivity index (χ3n) is 2.44. The standard InChI is InChI=1S/C12H17Cl2N/c1-8(2)6-7-11(15)9-4-3-5-10(13)12(9)14/h3-5,8,11H,6-7,15H2,1-2H3/t11-/m1/s1. The molecule has 1 rings (SSSR count). The summed E-state index contributed by atoms with van der Waals surface area (Å²) in [4.78, 5) is 0. The van der Waals surface area contributed by atoms with Crippen molar-refractivity contribution in [1.82, 2.24) is 0 Å². The fourth-order valence-electron chi connectivity index (χ4n) is 1.48. The Labute approximate surface area is 102 Å². The molecule has 0 radical (unpaired) electrons. The molecule has 0 unspecified atom stereocenters. The summed E-state index contributed by atoms with van der Waals surface area (Å²) in [6.45, 7) is 4.37. The van der Waals surface area contributed by atoms with Gasteiger partial charge in [0.25, 0.3) is 0 Å². The van der Waals surface area contributed by atoms with E-state index in [0.717, 1.165) is 18.4 Å². The maximum atomic E-state index is 6.09. The molecule has 0 saturated heterocycles. The number of halogens is 2. The lowest BCUT2D eigenvalue weighted by molar-refractivity contribution is 0.507. The van der Waals surface area contributed by atoms with Gasteiger partial charge < -0.3 is 5.73 Å². The van der Waals surface area contributed by atoms with E-state index in [1.54, 1.807) is 6.07 Å². The van der Waals surface area contributed by atoms with Crippen molar-refractivity contribution in [3.8, 4) is 0 Å². The predicted octanol–water partition coefficient (Wildman–Crippen LogP) is 4.43. The average Bonchev–Trinajstić information content (AvgIpc) is 2.18. The molecule has 0 aliphatic heterocycles. The Morgan fingerprint density at radius 3 is 2.47 bits per heavy atom. The normalized spacial score (nSPS) is 13.2. The van der Waals surface area contributed by atoms with Gasteiger partial charge in [0.15, 0.2) is 0 Å². The largest absolute Gasteiger partial charge is 0.324 e. The van der Waals surface area contributed by atoms with Crippen LogP contribution in [-0.4, -0.2) is 0 Å². The van der Waals surface area contributed by atoms with Gasteiger partial charge in [-0.2, -0.15) is 0 Å². The van der Waals surface area contributed by atoms with Gasteiger partial charge in [-0.3, -0.25) is 0 Å². The Morgan fingerprint density at radius 1 is 1.20 bits per heavy atom. The van der Waals surface area contributed by atoms with E-state index in [2.05, 4.69) is 13.8 Å². The van der Waals surface area contributed by atoms with Gasteiger partial charge in [0.1, 0.15) is 0 Å². The summed E-state index contributed by atoms with van der Waals surface area (Å²) in [7, 11) is 0. The molecule has 0 bridgehead atoms. The molecule has 84 valence electrons. The Kier molecular flexibility index (Phi) is 4.91. The van der Waals surface area contributed by atoms with E-state index >= 15 is 0 Å². The SMILES string of the molecule is CC(C)CC[C@@H](N)c1cccc(Cl)c1Cl. The third kappa shape index (κ3) is 3.67. The minimum Gasteiger partial charge on any atom is -0.324 e. The molecule has 0 aliphatic rings. The molecule has 0 spiro atoms.